The molecular formula is C13H15N3O2. The molecule has 18 heavy (non-hydrogen) atoms. The van der Waals surface area contributed by atoms with Gasteiger partial charge < -0.3 is 9.73 Å². The summed E-state index contributed by atoms with van der Waals surface area (Å²) in [6, 6.07) is 3.46. The van der Waals surface area contributed by atoms with Gasteiger partial charge in [-0.05, 0) is 19.1 Å². The third-order valence-electron chi connectivity index (χ3n) is 2.56. The molecule has 0 saturated carbocycles. The van der Waals surface area contributed by atoms with Gasteiger partial charge in [0.15, 0.2) is 5.89 Å². The Bertz CT molecular complexity index is 534. The van der Waals surface area contributed by atoms with Crippen molar-refractivity contribution < 1.29 is 9.21 Å². The van der Waals surface area contributed by atoms with E-state index in [1.165, 1.54) is 0 Å². The molecule has 0 radical (unpaired) electrons. The van der Waals surface area contributed by atoms with Gasteiger partial charge in [-0.15, -0.1) is 0 Å². The van der Waals surface area contributed by atoms with Crippen LogP contribution in [0.1, 0.15) is 27.7 Å². The van der Waals surface area contributed by atoms with Gasteiger partial charge >= 0.3 is 0 Å². The SMILES string of the molecule is Cc1nc(C)c(CCNC(=O)c2cccnc2)o1. The lowest BCUT2D eigenvalue weighted by atomic mass is 10.2. The number of nitrogens with one attached hydrogen (secondary N) is 1. The summed E-state index contributed by atoms with van der Waals surface area (Å²) in [5.41, 5.74) is 1.44. The van der Waals surface area contributed by atoms with Crippen LogP contribution >= 0.6 is 0 Å². The highest BCUT2D eigenvalue weighted by Gasteiger charge is 2.08. The maximum atomic E-state index is 11.7. The average molecular weight is 245 g/mol. The highest BCUT2D eigenvalue weighted by molar-refractivity contribution is 5.93. The zero-order chi connectivity index (χ0) is 13.0. The maximum absolute atomic E-state index is 11.7. The van der Waals surface area contributed by atoms with Gasteiger partial charge in [0.25, 0.3) is 5.91 Å². The summed E-state index contributed by atoms with van der Waals surface area (Å²) in [5, 5.41) is 2.82. The third-order valence-corrected chi connectivity index (χ3v) is 2.56. The van der Waals surface area contributed by atoms with E-state index < -0.39 is 0 Å². The topological polar surface area (TPSA) is 68.0 Å². The van der Waals surface area contributed by atoms with Crippen molar-refractivity contribution in [1.82, 2.24) is 15.3 Å². The van der Waals surface area contributed by atoms with Gasteiger partial charge in [0, 0.05) is 32.3 Å². The van der Waals surface area contributed by atoms with Crippen LogP contribution in [0.5, 0.6) is 0 Å². The smallest absolute Gasteiger partial charge is 0.252 e. The van der Waals surface area contributed by atoms with Crippen LogP contribution in [0.3, 0.4) is 0 Å². The van der Waals surface area contributed by atoms with Gasteiger partial charge in [-0.3, -0.25) is 9.78 Å². The second-order valence-electron chi connectivity index (χ2n) is 3.99. The van der Waals surface area contributed by atoms with Gasteiger partial charge in [0.1, 0.15) is 5.76 Å². The first-order valence-corrected chi connectivity index (χ1v) is 5.78. The number of carbonyl (C=O) groups excluding carboxylic acids is 1. The number of amides is 1. The van der Waals surface area contributed by atoms with Crippen LogP contribution in [-0.2, 0) is 6.42 Å². The van der Waals surface area contributed by atoms with E-state index in [4.69, 9.17) is 4.42 Å². The molecule has 0 fully saturated rings. The summed E-state index contributed by atoms with van der Waals surface area (Å²) in [7, 11) is 0. The number of hydrogen-bond acceptors (Lipinski definition) is 4. The van der Waals surface area contributed by atoms with Crippen molar-refractivity contribution in [3.8, 4) is 0 Å². The normalized spacial score (nSPS) is 10.3. The Balaban J connectivity index is 1.86. The molecular weight excluding hydrogens is 230 g/mol. The molecule has 5 heteroatoms. The van der Waals surface area contributed by atoms with Crippen molar-refractivity contribution in [2.45, 2.75) is 20.3 Å². The number of aryl methyl sites for hydroxylation is 2. The van der Waals surface area contributed by atoms with E-state index in [2.05, 4.69) is 15.3 Å². The summed E-state index contributed by atoms with van der Waals surface area (Å²) < 4.78 is 5.43. The van der Waals surface area contributed by atoms with Crippen molar-refractivity contribution in [2.24, 2.45) is 0 Å². The zero-order valence-corrected chi connectivity index (χ0v) is 10.4. The fourth-order valence-electron chi connectivity index (χ4n) is 1.69. The summed E-state index contributed by atoms with van der Waals surface area (Å²) in [6.45, 7) is 4.22. The molecule has 1 N–H and O–H groups in total. The van der Waals surface area contributed by atoms with E-state index in [0.717, 1.165) is 11.5 Å². The van der Waals surface area contributed by atoms with Crippen LogP contribution in [-0.4, -0.2) is 22.4 Å². The Hall–Kier alpha value is -2.17. The van der Waals surface area contributed by atoms with Crippen LogP contribution in [0.4, 0.5) is 0 Å². The van der Waals surface area contributed by atoms with Crippen LogP contribution in [0.25, 0.3) is 0 Å². The summed E-state index contributed by atoms with van der Waals surface area (Å²) >= 11 is 0. The van der Waals surface area contributed by atoms with Crippen LogP contribution in [0.15, 0.2) is 28.9 Å². The second kappa shape index (κ2) is 5.44. The maximum Gasteiger partial charge on any atom is 0.252 e. The number of aromatic nitrogens is 2. The average Bonchev–Trinajstić information content (AvgIpc) is 2.69. The Labute approximate surface area is 105 Å². The molecule has 0 bridgehead atoms. The first kappa shape index (κ1) is 12.3. The molecule has 0 aromatic carbocycles. The zero-order valence-electron chi connectivity index (χ0n) is 10.4. The van der Waals surface area contributed by atoms with E-state index in [1.54, 1.807) is 24.5 Å². The first-order valence-electron chi connectivity index (χ1n) is 5.78. The van der Waals surface area contributed by atoms with E-state index >= 15 is 0 Å². The number of hydrogen-bond donors (Lipinski definition) is 1. The number of rotatable bonds is 4. The molecule has 0 saturated heterocycles. The summed E-state index contributed by atoms with van der Waals surface area (Å²) in [6.07, 6.45) is 3.81. The second-order valence-corrected chi connectivity index (χ2v) is 3.99. The summed E-state index contributed by atoms with van der Waals surface area (Å²) in [5.74, 6) is 1.34. The third kappa shape index (κ3) is 2.94. The van der Waals surface area contributed by atoms with Crippen LogP contribution in [0, 0.1) is 13.8 Å². The Morgan fingerprint density at radius 1 is 1.44 bits per heavy atom. The van der Waals surface area contributed by atoms with Crippen molar-refractivity contribution in [3.63, 3.8) is 0 Å². The lowest BCUT2D eigenvalue weighted by Crippen LogP contribution is -2.25. The molecule has 2 aromatic rings. The van der Waals surface area contributed by atoms with Gasteiger partial charge in [-0.1, -0.05) is 0 Å². The van der Waals surface area contributed by atoms with Crippen LogP contribution in [0.2, 0.25) is 0 Å². The monoisotopic (exact) mass is 245 g/mol. The molecule has 94 valence electrons. The summed E-state index contributed by atoms with van der Waals surface area (Å²) in [4.78, 5) is 19.8. The molecule has 0 atom stereocenters. The predicted octanol–water partition coefficient (Wildman–Crippen LogP) is 1.66. The quantitative estimate of drug-likeness (QED) is 0.889. The standard InChI is InChI=1S/C13H15N3O2/c1-9-12(18-10(2)16-9)5-7-15-13(17)11-4-3-6-14-8-11/h3-4,6,8H,5,7H2,1-2H3,(H,15,17). The number of pyridine rings is 1. The van der Waals surface area contributed by atoms with E-state index in [-0.39, 0.29) is 5.91 Å². The van der Waals surface area contributed by atoms with Gasteiger partial charge in [0.05, 0.1) is 11.3 Å². The Morgan fingerprint density at radius 3 is 2.89 bits per heavy atom. The molecule has 0 aliphatic heterocycles. The van der Waals surface area contributed by atoms with Crippen molar-refractivity contribution in [2.75, 3.05) is 6.54 Å². The molecule has 2 aromatic heterocycles. The lowest BCUT2D eigenvalue weighted by molar-refractivity contribution is 0.0953. The number of nitrogens with zero attached hydrogens (tertiary/aromatic N) is 2. The highest BCUT2D eigenvalue weighted by Crippen LogP contribution is 2.09. The number of carbonyl (C=O) groups is 1. The lowest BCUT2D eigenvalue weighted by Gasteiger charge is -2.03. The largest absolute Gasteiger partial charge is 0.446 e. The van der Waals surface area contributed by atoms with Gasteiger partial charge in [-0.2, -0.15) is 0 Å². The highest BCUT2D eigenvalue weighted by atomic mass is 16.4. The molecule has 0 aliphatic rings. The van der Waals surface area contributed by atoms with E-state index in [1.807, 2.05) is 13.8 Å². The minimum atomic E-state index is -0.128. The minimum absolute atomic E-state index is 0.128. The first-order chi connectivity index (χ1) is 8.66. The van der Waals surface area contributed by atoms with Crippen molar-refractivity contribution >= 4 is 5.91 Å². The fraction of sp³-hybridized carbons (Fsp3) is 0.308. The van der Waals surface area contributed by atoms with Crippen molar-refractivity contribution in [1.29, 1.82) is 0 Å². The number of oxazole rings is 1. The molecule has 2 heterocycles. The van der Waals surface area contributed by atoms with Crippen LogP contribution < -0.4 is 5.32 Å². The minimum Gasteiger partial charge on any atom is -0.446 e. The Morgan fingerprint density at radius 2 is 2.28 bits per heavy atom. The molecule has 2 rings (SSSR count). The molecule has 0 aliphatic carbocycles. The molecule has 5 nitrogen and oxygen atoms in total. The van der Waals surface area contributed by atoms with E-state index in [9.17, 15) is 4.79 Å². The Kier molecular flexibility index (Phi) is 3.72. The molecule has 0 spiro atoms. The predicted molar refractivity (Wildman–Crippen MR) is 66.3 cm³/mol. The van der Waals surface area contributed by atoms with Crippen molar-refractivity contribution in [3.05, 3.63) is 47.4 Å². The molecule has 1 amide bonds. The van der Waals surface area contributed by atoms with E-state index in [0.29, 0.717) is 24.4 Å². The fourth-order valence-corrected chi connectivity index (χ4v) is 1.69. The molecule has 0 unspecified atom stereocenters. The van der Waals surface area contributed by atoms with Gasteiger partial charge in [0.2, 0.25) is 0 Å². The van der Waals surface area contributed by atoms with Gasteiger partial charge in [-0.25, -0.2) is 4.98 Å².